The molecular formula is C32H36O9Si. The predicted molar refractivity (Wildman–Crippen MR) is 157 cm³/mol. The third-order valence-electron chi connectivity index (χ3n) is 6.66. The zero-order valence-electron chi connectivity index (χ0n) is 23.9. The highest BCUT2D eigenvalue weighted by Gasteiger charge is 2.53. The highest BCUT2D eigenvalue weighted by Crippen LogP contribution is 2.31. The number of hydrogen-bond acceptors (Lipinski definition) is 9. The lowest BCUT2D eigenvalue weighted by Gasteiger charge is -2.44. The van der Waals surface area contributed by atoms with Gasteiger partial charge in [0.25, 0.3) is 0 Å². The van der Waals surface area contributed by atoms with E-state index in [1.165, 1.54) is 0 Å². The van der Waals surface area contributed by atoms with Crippen LogP contribution in [0.25, 0.3) is 0 Å². The summed E-state index contributed by atoms with van der Waals surface area (Å²) in [5.41, 5.74) is 0.740. The zero-order chi connectivity index (χ0) is 30.1. The van der Waals surface area contributed by atoms with Gasteiger partial charge in [0, 0.05) is 14.7 Å². The molecule has 1 saturated heterocycles. The molecule has 222 valence electrons. The van der Waals surface area contributed by atoms with E-state index in [-0.39, 0.29) is 23.3 Å². The van der Waals surface area contributed by atoms with E-state index >= 15 is 0 Å². The SMILES string of the molecule is C[Si](C)(C)CCO[C@@H]1O[C@H](CO)[C@@H](OC(=O)c2ccccc2)[C@H](OC(=O)c2ccccc2)[C@H]1OC(=O)c1ccccc1. The van der Waals surface area contributed by atoms with Crippen molar-refractivity contribution in [1.82, 2.24) is 0 Å². The van der Waals surface area contributed by atoms with Crippen molar-refractivity contribution in [2.24, 2.45) is 0 Å². The molecule has 0 aliphatic carbocycles. The molecule has 42 heavy (non-hydrogen) atoms. The van der Waals surface area contributed by atoms with E-state index in [2.05, 4.69) is 19.6 Å². The second kappa shape index (κ2) is 14.4. The average Bonchev–Trinajstić information content (AvgIpc) is 3.00. The summed E-state index contributed by atoms with van der Waals surface area (Å²) < 4.78 is 29.8. The molecule has 0 bridgehead atoms. The van der Waals surface area contributed by atoms with E-state index in [1.54, 1.807) is 91.0 Å². The van der Waals surface area contributed by atoms with Crippen LogP contribution in [0, 0.1) is 0 Å². The van der Waals surface area contributed by atoms with Crippen LogP contribution in [0.1, 0.15) is 31.1 Å². The number of aliphatic hydroxyl groups is 1. The van der Waals surface area contributed by atoms with Crippen LogP contribution in [0.15, 0.2) is 91.0 Å². The number of carbonyl (C=O) groups is 3. The van der Waals surface area contributed by atoms with Crippen LogP contribution in [-0.4, -0.2) is 75.0 Å². The van der Waals surface area contributed by atoms with E-state index in [0.717, 1.165) is 6.04 Å². The van der Waals surface area contributed by atoms with Gasteiger partial charge in [-0.3, -0.25) is 0 Å². The van der Waals surface area contributed by atoms with Crippen LogP contribution in [0.2, 0.25) is 25.7 Å². The first-order valence-corrected chi connectivity index (χ1v) is 17.5. The molecule has 1 fully saturated rings. The summed E-state index contributed by atoms with van der Waals surface area (Å²) in [6, 6.07) is 25.6. The maximum absolute atomic E-state index is 13.3. The smallest absolute Gasteiger partial charge is 0.338 e. The van der Waals surface area contributed by atoms with E-state index in [9.17, 15) is 19.5 Å². The molecule has 4 rings (SSSR count). The second-order valence-corrected chi connectivity index (χ2v) is 16.7. The molecule has 0 unspecified atom stereocenters. The number of hydrogen-bond donors (Lipinski definition) is 1. The Morgan fingerprint density at radius 2 is 1.07 bits per heavy atom. The number of esters is 3. The summed E-state index contributed by atoms with van der Waals surface area (Å²) in [6.45, 7) is 6.26. The predicted octanol–water partition coefficient (Wildman–Crippen LogP) is 4.74. The molecule has 3 aromatic rings. The zero-order valence-corrected chi connectivity index (χ0v) is 24.9. The molecule has 0 spiro atoms. The minimum Gasteiger partial charge on any atom is -0.452 e. The summed E-state index contributed by atoms with van der Waals surface area (Å²) in [7, 11) is -1.53. The Kier molecular flexibility index (Phi) is 10.6. The summed E-state index contributed by atoms with van der Waals surface area (Å²) in [6.07, 6.45) is -6.40. The standard InChI is InChI=1S/C32H36O9Si/c1-42(2,3)20-19-37-32-28(41-31(36)24-17-11-6-12-18-24)27(40-30(35)23-15-9-5-10-16-23)26(25(21-33)38-32)39-29(34)22-13-7-4-8-14-22/h4-18,25-28,32-33H,19-21H2,1-3H3/t25-,26-,27+,28-,32-/m1/s1. The van der Waals surface area contributed by atoms with Crippen LogP contribution in [0.3, 0.4) is 0 Å². The van der Waals surface area contributed by atoms with Crippen LogP contribution in [0.5, 0.6) is 0 Å². The molecular weight excluding hydrogens is 556 g/mol. The minimum atomic E-state index is -1.53. The van der Waals surface area contributed by atoms with Gasteiger partial charge in [-0.15, -0.1) is 0 Å². The van der Waals surface area contributed by atoms with Gasteiger partial charge in [0.15, 0.2) is 24.6 Å². The van der Waals surface area contributed by atoms with Gasteiger partial charge in [-0.05, 0) is 42.4 Å². The van der Waals surface area contributed by atoms with Crippen molar-refractivity contribution in [2.75, 3.05) is 13.2 Å². The Hall–Kier alpha value is -3.83. The van der Waals surface area contributed by atoms with E-state index < -0.39 is 63.3 Å². The summed E-state index contributed by atoms with van der Waals surface area (Å²) in [4.78, 5) is 39.7. The molecule has 0 aromatic heterocycles. The fourth-order valence-electron chi connectivity index (χ4n) is 4.34. The van der Waals surface area contributed by atoms with Crippen molar-refractivity contribution in [2.45, 2.75) is 56.4 Å². The molecule has 0 radical (unpaired) electrons. The molecule has 5 atom stereocenters. The first kappa shape index (κ1) is 31.1. The average molecular weight is 593 g/mol. The van der Waals surface area contributed by atoms with Crippen LogP contribution in [0.4, 0.5) is 0 Å². The molecule has 1 aliphatic rings. The second-order valence-electron chi connectivity index (χ2n) is 11.1. The summed E-state index contributed by atoms with van der Waals surface area (Å²) in [5.74, 6) is -2.17. The highest BCUT2D eigenvalue weighted by atomic mass is 28.3. The lowest BCUT2D eigenvalue weighted by molar-refractivity contribution is -0.297. The Morgan fingerprint density at radius 3 is 1.48 bits per heavy atom. The number of benzene rings is 3. The van der Waals surface area contributed by atoms with Crippen molar-refractivity contribution in [3.05, 3.63) is 108 Å². The number of rotatable bonds is 11. The fraction of sp³-hybridized carbons (Fsp3) is 0.344. The third-order valence-corrected chi connectivity index (χ3v) is 8.37. The van der Waals surface area contributed by atoms with E-state index in [0.29, 0.717) is 0 Å². The van der Waals surface area contributed by atoms with Gasteiger partial charge in [0.1, 0.15) is 6.10 Å². The lowest BCUT2D eigenvalue weighted by atomic mass is 9.97. The van der Waals surface area contributed by atoms with Crippen LogP contribution < -0.4 is 0 Å². The molecule has 1 aliphatic heterocycles. The first-order valence-electron chi connectivity index (χ1n) is 13.8. The quantitative estimate of drug-likeness (QED) is 0.191. The number of aliphatic hydroxyl groups excluding tert-OH is 1. The minimum absolute atomic E-state index is 0.238. The number of carbonyl (C=O) groups excluding carboxylic acids is 3. The molecule has 10 heteroatoms. The van der Waals surface area contributed by atoms with Gasteiger partial charge >= 0.3 is 17.9 Å². The summed E-state index contributed by atoms with van der Waals surface area (Å²) >= 11 is 0. The topological polar surface area (TPSA) is 118 Å². The van der Waals surface area contributed by atoms with Crippen molar-refractivity contribution in [1.29, 1.82) is 0 Å². The molecule has 1 N–H and O–H groups in total. The Morgan fingerprint density at radius 1 is 0.667 bits per heavy atom. The lowest BCUT2D eigenvalue weighted by Crippen LogP contribution is -2.63. The van der Waals surface area contributed by atoms with Crippen molar-refractivity contribution in [3.8, 4) is 0 Å². The molecule has 0 saturated carbocycles. The molecule has 1 heterocycles. The van der Waals surface area contributed by atoms with Gasteiger partial charge in [-0.1, -0.05) is 74.2 Å². The van der Waals surface area contributed by atoms with Crippen molar-refractivity contribution < 1.29 is 43.2 Å². The van der Waals surface area contributed by atoms with Gasteiger partial charge in [0.2, 0.25) is 0 Å². The Bertz CT molecular complexity index is 1310. The van der Waals surface area contributed by atoms with Crippen LogP contribution >= 0.6 is 0 Å². The first-order chi connectivity index (χ1) is 20.2. The molecule has 3 aromatic carbocycles. The number of ether oxygens (including phenoxy) is 5. The third kappa shape index (κ3) is 8.36. The molecule has 0 amide bonds. The monoisotopic (exact) mass is 592 g/mol. The maximum Gasteiger partial charge on any atom is 0.338 e. The van der Waals surface area contributed by atoms with E-state index in [4.69, 9.17) is 23.7 Å². The van der Waals surface area contributed by atoms with Gasteiger partial charge in [-0.25, -0.2) is 14.4 Å². The van der Waals surface area contributed by atoms with Gasteiger partial charge in [-0.2, -0.15) is 0 Å². The van der Waals surface area contributed by atoms with Crippen LogP contribution in [-0.2, 0) is 23.7 Å². The summed E-state index contributed by atoms with van der Waals surface area (Å²) in [5, 5.41) is 10.3. The molecule has 9 nitrogen and oxygen atoms in total. The Labute approximate surface area is 246 Å². The Balaban J connectivity index is 1.71. The van der Waals surface area contributed by atoms with Crippen molar-refractivity contribution >= 4 is 26.0 Å². The maximum atomic E-state index is 13.3. The van der Waals surface area contributed by atoms with Gasteiger partial charge in [0.05, 0.1) is 23.3 Å². The normalized spacial score (nSPS) is 22.1. The fourth-order valence-corrected chi connectivity index (χ4v) is 5.07. The largest absolute Gasteiger partial charge is 0.452 e. The van der Waals surface area contributed by atoms with Crippen molar-refractivity contribution in [3.63, 3.8) is 0 Å². The van der Waals surface area contributed by atoms with Gasteiger partial charge < -0.3 is 28.8 Å². The van der Waals surface area contributed by atoms with E-state index in [1.807, 2.05) is 0 Å². The highest BCUT2D eigenvalue weighted by molar-refractivity contribution is 6.76.